The van der Waals surface area contributed by atoms with E-state index >= 15 is 0 Å². The smallest absolute Gasteiger partial charge is 0.246 e. The van der Waals surface area contributed by atoms with E-state index in [-0.39, 0.29) is 6.04 Å². The van der Waals surface area contributed by atoms with Crippen LogP contribution in [0.1, 0.15) is 11.4 Å². The standard InChI is InChI=1S/C13H18N6O2S/c1-9-12(10(2)18(3)17-9)22(20,21)19-7-11(8-19)16-13-14-5-4-6-15-13/h4-6,11H,7-8H2,1-3H3,(H,14,15,16). The van der Waals surface area contributed by atoms with Crippen LogP contribution < -0.4 is 5.32 Å². The van der Waals surface area contributed by atoms with Crippen LogP contribution in [0.4, 0.5) is 5.95 Å². The summed E-state index contributed by atoms with van der Waals surface area (Å²) < 4.78 is 28.4. The summed E-state index contributed by atoms with van der Waals surface area (Å²) in [6, 6.07) is 1.76. The van der Waals surface area contributed by atoms with Crippen molar-refractivity contribution in [1.29, 1.82) is 0 Å². The van der Waals surface area contributed by atoms with Gasteiger partial charge in [-0.05, 0) is 19.9 Å². The third kappa shape index (κ3) is 2.46. The average molecular weight is 322 g/mol. The molecule has 8 nitrogen and oxygen atoms in total. The Morgan fingerprint density at radius 1 is 1.23 bits per heavy atom. The molecule has 118 valence electrons. The minimum absolute atomic E-state index is 0.0226. The lowest BCUT2D eigenvalue weighted by molar-refractivity contribution is 0.279. The highest BCUT2D eigenvalue weighted by molar-refractivity contribution is 7.89. The van der Waals surface area contributed by atoms with Crippen molar-refractivity contribution in [2.24, 2.45) is 7.05 Å². The van der Waals surface area contributed by atoms with Gasteiger partial charge in [0.15, 0.2) is 0 Å². The lowest BCUT2D eigenvalue weighted by Crippen LogP contribution is -2.57. The van der Waals surface area contributed by atoms with Crippen LogP contribution >= 0.6 is 0 Å². The summed E-state index contributed by atoms with van der Waals surface area (Å²) in [5, 5.41) is 7.30. The van der Waals surface area contributed by atoms with Gasteiger partial charge in [-0.15, -0.1) is 0 Å². The van der Waals surface area contributed by atoms with Gasteiger partial charge in [0, 0.05) is 32.5 Å². The first-order chi connectivity index (χ1) is 10.4. The Hall–Kier alpha value is -2.00. The monoisotopic (exact) mass is 322 g/mol. The highest BCUT2D eigenvalue weighted by atomic mass is 32.2. The Kier molecular flexibility index (Phi) is 3.61. The van der Waals surface area contributed by atoms with E-state index in [4.69, 9.17) is 0 Å². The molecule has 1 saturated heterocycles. The molecule has 1 aliphatic rings. The maximum atomic E-state index is 12.7. The fraction of sp³-hybridized carbons (Fsp3) is 0.462. The van der Waals surface area contributed by atoms with E-state index in [1.54, 1.807) is 44.0 Å². The summed E-state index contributed by atoms with van der Waals surface area (Å²) in [5.74, 6) is 0.512. The molecule has 2 aromatic heterocycles. The van der Waals surface area contributed by atoms with E-state index < -0.39 is 10.0 Å². The molecule has 0 unspecified atom stereocenters. The molecule has 1 N–H and O–H groups in total. The SMILES string of the molecule is Cc1nn(C)c(C)c1S(=O)(=O)N1CC(Nc2ncccn2)C1. The molecule has 9 heteroatoms. The van der Waals surface area contributed by atoms with Gasteiger partial charge in [0.05, 0.1) is 17.4 Å². The molecule has 0 saturated carbocycles. The van der Waals surface area contributed by atoms with Crippen molar-refractivity contribution in [2.45, 2.75) is 24.8 Å². The Balaban J connectivity index is 1.72. The van der Waals surface area contributed by atoms with Gasteiger partial charge in [-0.1, -0.05) is 0 Å². The normalized spacial score (nSPS) is 16.5. The van der Waals surface area contributed by atoms with Crippen molar-refractivity contribution in [1.82, 2.24) is 24.1 Å². The molecule has 2 aromatic rings. The van der Waals surface area contributed by atoms with Crippen molar-refractivity contribution in [3.8, 4) is 0 Å². The molecule has 0 radical (unpaired) electrons. The summed E-state index contributed by atoms with van der Waals surface area (Å²) in [6.45, 7) is 4.27. The Labute approximate surface area is 129 Å². The molecule has 3 heterocycles. The molecule has 3 rings (SSSR count). The number of hydrogen-bond donors (Lipinski definition) is 1. The minimum Gasteiger partial charge on any atom is -0.349 e. The van der Waals surface area contributed by atoms with Crippen LogP contribution in [0.25, 0.3) is 0 Å². The van der Waals surface area contributed by atoms with Crippen LogP contribution in [0.2, 0.25) is 0 Å². The second-order valence-corrected chi connectivity index (χ2v) is 7.23. The van der Waals surface area contributed by atoms with E-state index in [9.17, 15) is 8.42 Å². The zero-order chi connectivity index (χ0) is 15.9. The van der Waals surface area contributed by atoms with E-state index in [1.807, 2.05) is 0 Å². The molecule has 1 fully saturated rings. The van der Waals surface area contributed by atoms with Crippen molar-refractivity contribution in [3.05, 3.63) is 29.8 Å². The van der Waals surface area contributed by atoms with Crippen LogP contribution in [0.5, 0.6) is 0 Å². The number of nitrogens with zero attached hydrogens (tertiary/aromatic N) is 5. The molecule has 0 aliphatic carbocycles. The summed E-state index contributed by atoms with van der Waals surface area (Å²) in [5.41, 5.74) is 1.18. The molecule has 0 spiro atoms. The van der Waals surface area contributed by atoms with Crippen molar-refractivity contribution in [3.63, 3.8) is 0 Å². The molecular weight excluding hydrogens is 304 g/mol. The molecular formula is C13H18N6O2S. The summed E-state index contributed by atoms with van der Waals surface area (Å²) in [7, 11) is -1.75. The van der Waals surface area contributed by atoms with Gasteiger partial charge in [0.1, 0.15) is 4.90 Å². The van der Waals surface area contributed by atoms with Crippen molar-refractivity contribution >= 4 is 16.0 Å². The lowest BCUT2D eigenvalue weighted by Gasteiger charge is -2.38. The van der Waals surface area contributed by atoms with Gasteiger partial charge in [-0.25, -0.2) is 18.4 Å². The maximum absolute atomic E-state index is 12.7. The first-order valence-corrected chi connectivity index (χ1v) is 8.37. The number of aryl methyl sites for hydroxylation is 2. The predicted molar refractivity (Wildman–Crippen MR) is 80.9 cm³/mol. The van der Waals surface area contributed by atoms with Crippen LogP contribution in [0, 0.1) is 13.8 Å². The Morgan fingerprint density at radius 3 is 2.41 bits per heavy atom. The topological polar surface area (TPSA) is 93.0 Å². The van der Waals surface area contributed by atoms with Crippen LogP contribution in [-0.2, 0) is 17.1 Å². The van der Waals surface area contributed by atoms with Gasteiger partial charge in [0.2, 0.25) is 16.0 Å². The predicted octanol–water partition coefficient (Wildman–Crippen LogP) is 0.312. The number of nitrogens with one attached hydrogen (secondary N) is 1. The number of aromatic nitrogens is 4. The van der Waals surface area contributed by atoms with E-state index in [0.29, 0.717) is 35.3 Å². The van der Waals surface area contributed by atoms with Gasteiger partial charge in [-0.2, -0.15) is 9.40 Å². The number of anilines is 1. The average Bonchev–Trinajstić information content (AvgIpc) is 2.68. The third-order valence-corrected chi connectivity index (χ3v) is 5.87. The van der Waals surface area contributed by atoms with Crippen LogP contribution in [-0.4, -0.2) is 51.6 Å². The molecule has 0 atom stereocenters. The number of rotatable bonds is 4. The van der Waals surface area contributed by atoms with E-state index in [1.165, 1.54) is 4.31 Å². The largest absolute Gasteiger partial charge is 0.349 e. The number of sulfonamides is 1. The Bertz CT molecular complexity index is 780. The maximum Gasteiger partial charge on any atom is 0.246 e. The van der Waals surface area contributed by atoms with Gasteiger partial charge in [0.25, 0.3) is 0 Å². The minimum atomic E-state index is -3.50. The van der Waals surface area contributed by atoms with Crippen molar-refractivity contribution < 1.29 is 8.42 Å². The van der Waals surface area contributed by atoms with Gasteiger partial charge in [-0.3, -0.25) is 4.68 Å². The highest BCUT2D eigenvalue weighted by Gasteiger charge is 2.39. The van der Waals surface area contributed by atoms with Gasteiger partial charge < -0.3 is 5.32 Å². The highest BCUT2D eigenvalue weighted by Crippen LogP contribution is 2.27. The van der Waals surface area contributed by atoms with E-state index in [2.05, 4.69) is 20.4 Å². The molecule has 22 heavy (non-hydrogen) atoms. The van der Waals surface area contributed by atoms with E-state index in [0.717, 1.165) is 0 Å². The van der Waals surface area contributed by atoms with Crippen molar-refractivity contribution in [2.75, 3.05) is 18.4 Å². The summed E-state index contributed by atoms with van der Waals surface area (Å²) in [6.07, 6.45) is 3.29. The molecule has 0 aromatic carbocycles. The molecule has 0 amide bonds. The molecule has 1 aliphatic heterocycles. The quantitative estimate of drug-likeness (QED) is 0.871. The molecule has 0 bridgehead atoms. The third-order valence-electron chi connectivity index (χ3n) is 3.79. The van der Waals surface area contributed by atoms with Crippen LogP contribution in [0.3, 0.4) is 0 Å². The fourth-order valence-electron chi connectivity index (χ4n) is 2.54. The first-order valence-electron chi connectivity index (χ1n) is 6.93. The second kappa shape index (κ2) is 5.33. The van der Waals surface area contributed by atoms with Gasteiger partial charge >= 0.3 is 0 Å². The Morgan fingerprint density at radius 2 is 1.86 bits per heavy atom. The zero-order valence-electron chi connectivity index (χ0n) is 12.7. The lowest BCUT2D eigenvalue weighted by atomic mass is 10.2. The fourth-order valence-corrected chi connectivity index (χ4v) is 4.47. The second-order valence-electron chi connectivity index (χ2n) is 5.36. The number of hydrogen-bond acceptors (Lipinski definition) is 6. The zero-order valence-corrected chi connectivity index (χ0v) is 13.5. The summed E-state index contributed by atoms with van der Waals surface area (Å²) in [4.78, 5) is 8.46. The first kappa shape index (κ1) is 14.9. The summed E-state index contributed by atoms with van der Waals surface area (Å²) >= 11 is 0. The van der Waals surface area contributed by atoms with Crippen LogP contribution in [0.15, 0.2) is 23.4 Å².